The van der Waals surface area contributed by atoms with E-state index in [1.165, 1.54) is 17.6 Å². The highest BCUT2D eigenvalue weighted by atomic mass is 35.5. The molecule has 0 aliphatic heterocycles. The highest BCUT2D eigenvalue weighted by Gasteiger charge is 2.23. The van der Waals surface area contributed by atoms with Crippen LogP contribution in [0.15, 0.2) is 77.7 Å². The van der Waals surface area contributed by atoms with Crippen LogP contribution in [0.1, 0.15) is 5.56 Å². The summed E-state index contributed by atoms with van der Waals surface area (Å²) < 4.78 is 24.9. The normalized spacial score (nSPS) is 11.6. The Labute approximate surface area is 179 Å². The van der Waals surface area contributed by atoms with Crippen LogP contribution in [0.2, 0.25) is 5.02 Å². The molecule has 6 heteroatoms. The Morgan fingerprint density at radius 3 is 2.07 bits per heavy atom. The van der Waals surface area contributed by atoms with Gasteiger partial charge in [0.05, 0.1) is 20.5 Å². The van der Waals surface area contributed by atoms with Gasteiger partial charge < -0.3 is 0 Å². The maximum absolute atomic E-state index is 12.4. The summed E-state index contributed by atoms with van der Waals surface area (Å²) in [4.78, 5) is 6.02. The van der Waals surface area contributed by atoms with E-state index in [1.54, 1.807) is 12.1 Å². The number of halogens is 1. The maximum atomic E-state index is 12.4. The summed E-state index contributed by atoms with van der Waals surface area (Å²) in [5.41, 5.74) is 4.29. The van der Waals surface area contributed by atoms with Crippen molar-refractivity contribution >= 4 is 32.8 Å². The van der Waals surface area contributed by atoms with Gasteiger partial charge in [0.15, 0.2) is 9.84 Å². The van der Waals surface area contributed by atoms with Crippen LogP contribution in [0.4, 0.5) is 0 Å². The van der Waals surface area contributed by atoms with E-state index >= 15 is 0 Å². The summed E-state index contributed by atoms with van der Waals surface area (Å²) >= 11 is 7.87. The molecule has 0 spiro atoms. The monoisotopic (exact) mass is 439 g/mol. The molecule has 0 saturated carbocycles. The Balaban J connectivity index is 2.05. The third-order valence-electron chi connectivity index (χ3n) is 4.66. The molecule has 3 aromatic carbocycles. The van der Waals surface area contributed by atoms with E-state index in [9.17, 15) is 8.42 Å². The van der Waals surface area contributed by atoms with Gasteiger partial charge in [-0.15, -0.1) is 11.3 Å². The predicted molar refractivity (Wildman–Crippen MR) is 121 cm³/mol. The molecule has 0 amide bonds. The van der Waals surface area contributed by atoms with Crippen LogP contribution >= 0.6 is 22.9 Å². The van der Waals surface area contributed by atoms with Crippen LogP contribution in [0.3, 0.4) is 0 Å². The minimum atomic E-state index is -3.40. The van der Waals surface area contributed by atoms with Crippen LogP contribution in [0.5, 0.6) is 0 Å². The van der Waals surface area contributed by atoms with E-state index in [4.69, 9.17) is 16.6 Å². The van der Waals surface area contributed by atoms with E-state index < -0.39 is 9.84 Å². The molecule has 0 aliphatic rings. The average Bonchev–Trinajstić information content (AvgIpc) is 3.13. The van der Waals surface area contributed by atoms with Gasteiger partial charge >= 0.3 is 0 Å². The zero-order chi connectivity index (χ0) is 20.6. The highest BCUT2D eigenvalue weighted by Crippen LogP contribution is 2.44. The van der Waals surface area contributed by atoms with Crippen molar-refractivity contribution in [1.29, 1.82) is 0 Å². The first-order chi connectivity index (χ1) is 13.9. The number of rotatable bonds is 4. The molecule has 0 fully saturated rings. The lowest BCUT2D eigenvalue weighted by Gasteiger charge is -2.09. The lowest BCUT2D eigenvalue weighted by molar-refractivity contribution is 0.602. The van der Waals surface area contributed by atoms with Gasteiger partial charge in [0.2, 0.25) is 0 Å². The van der Waals surface area contributed by atoms with Gasteiger partial charge in [-0.2, -0.15) is 0 Å². The Morgan fingerprint density at radius 2 is 1.41 bits per heavy atom. The molecule has 0 N–H and O–H groups in total. The van der Waals surface area contributed by atoms with Gasteiger partial charge in [0.1, 0.15) is 5.01 Å². The topological polar surface area (TPSA) is 47.0 Å². The zero-order valence-corrected chi connectivity index (χ0v) is 18.3. The Bertz CT molecular complexity index is 1310. The summed E-state index contributed by atoms with van der Waals surface area (Å²) in [5.74, 6) is 0. The van der Waals surface area contributed by atoms with E-state index in [0.717, 1.165) is 32.3 Å². The summed E-state index contributed by atoms with van der Waals surface area (Å²) in [6.07, 6.45) is 1.23. The minimum absolute atomic E-state index is 0.296. The van der Waals surface area contributed by atoms with E-state index in [1.807, 2.05) is 67.6 Å². The fourth-order valence-corrected chi connectivity index (χ4v) is 5.65. The fraction of sp³-hybridized carbons (Fsp3) is 0.0870. The number of thiazole rings is 1. The standard InChI is InChI=1S/C23H18ClNO2S2/c1-15-9-3-4-10-16(15)21-22(18-12-6-8-14-20(18)29(2,26)27)28-23(25-21)17-11-5-7-13-19(17)24/h3-14H,1-2H3. The first-order valence-corrected chi connectivity index (χ1v) is 12.1. The van der Waals surface area contributed by atoms with E-state index in [0.29, 0.717) is 15.5 Å². The molecule has 0 atom stereocenters. The van der Waals surface area contributed by atoms with E-state index in [2.05, 4.69) is 0 Å². The second kappa shape index (κ2) is 7.75. The van der Waals surface area contributed by atoms with Crippen molar-refractivity contribution in [2.24, 2.45) is 0 Å². The molecule has 1 heterocycles. The van der Waals surface area contributed by atoms with Gasteiger partial charge in [-0.3, -0.25) is 0 Å². The summed E-state index contributed by atoms with van der Waals surface area (Å²) in [6, 6.07) is 22.6. The highest BCUT2D eigenvalue weighted by molar-refractivity contribution is 7.90. The van der Waals surface area contributed by atoms with Crippen molar-refractivity contribution in [2.75, 3.05) is 6.26 Å². The van der Waals surface area contributed by atoms with Crippen molar-refractivity contribution in [3.8, 4) is 32.3 Å². The van der Waals surface area contributed by atoms with Gasteiger partial charge in [-0.05, 0) is 24.6 Å². The van der Waals surface area contributed by atoms with Crippen molar-refractivity contribution in [3.63, 3.8) is 0 Å². The molecule has 0 radical (unpaired) electrons. The molecule has 0 unspecified atom stereocenters. The number of aryl methyl sites for hydroxylation is 1. The van der Waals surface area contributed by atoms with Gasteiger partial charge in [-0.1, -0.05) is 72.3 Å². The molecule has 1 aromatic heterocycles. The largest absolute Gasteiger partial charge is 0.235 e. The summed E-state index contributed by atoms with van der Waals surface area (Å²) in [6.45, 7) is 2.02. The van der Waals surface area contributed by atoms with Crippen molar-refractivity contribution in [3.05, 3.63) is 83.4 Å². The Hall–Kier alpha value is -2.47. The van der Waals surface area contributed by atoms with Gasteiger partial charge in [0.25, 0.3) is 0 Å². The molecular weight excluding hydrogens is 422 g/mol. The van der Waals surface area contributed by atoms with E-state index in [-0.39, 0.29) is 0 Å². The number of benzene rings is 3. The summed E-state index contributed by atoms with van der Waals surface area (Å²) in [5, 5.41) is 1.37. The first-order valence-electron chi connectivity index (χ1n) is 8.97. The third kappa shape index (κ3) is 3.86. The molecule has 0 aliphatic carbocycles. The first kappa shape index (κ1) is 19.8. The molecular formula is C23H18ClNO2S2. The molecule has 4 rings (SSSR count). The number of hydrogen-bond acceptors (Lipinski definition) is 4. The number of hydrogen-bond donors (Lipinski definition) is 0. The lowest BCUT2D eigenvalue weighted by atomic mass is 10.0. The molecule has 3 nitrogen and oxygen atoms in total. The molecule has 146 valence electrons. The molecule has 4 aromatic rings. The van der Waals surface area contributed by atoms with Crippen molar-refractivity contribution in [2.45, 2.75) is 11.8 Å². The number of sulfone groups is 1. The van der Waals surface area contributed by atoms with Crippen molar-refractivity contribution in [1.82, 2.24) is 4.98 Å². The van der Waals surface area contributed by atoms with Crippen LogP contribution in [-0.2, 0) is 9.84 Å². The van der Waals surface area contributed by atoms with Gasteiger partial charge in [0, 0.05) is 22.9 Å². The van der Waals surface area contributed by atoms with Crippen LogP contribution in [0.25, 0.3) is 32.3 Å². The molecule has 0 bridgehead atoms. The Kier molecular flexibility index (Phi) is 5.30. The molecule has 0 saturated heterocycles. The predicted octanol–water partition coefficient (Wildman–Crippen LogP) is 6.51. The SMILES string of the molecule is Cc1ccccc1-c1nc(-c2ccccc2Cl)sc1-c1ccccc1S(C)(=O)=O. The van der Waals surface area contributed by atoms with Crippen LogP contribution in [0, 0.1) is 6.92 Å². The third-order valence-corrected chi connectivity index (χ3v) is 7.27. The smallest absolute Gasteiger partial charge is 0.176 e. The Morgan fingerprint density at radius 1 is 0.828 bits per heavy atom. The lowest BCUT2D eigenvalue weighted by Crippen LogP contribution is -1.99. The minimum Gasteiger partial charge on any atom is -0.235 e. The zero-order valence-electron chi connectivity index (χ0n) is 15.9. The molecule has 29 heavy (non-hydrogen) atoms. The quantitative estimate of drug-likeness (QED) is 0.364. The summed E-state index contributed by atoms with van der Waals surface area (Å²) in [7, 11) is -3.40. The number of nitrogens with zero attached hydrogens (tertiary/aromatic N) is 1. The van der Waals surface area contributed by atoms with Crippen LogP contribution in [-0.4, -0.2) is 19.7 Å². The fourth-order valence-electron chi connectivity index (χ4n) is 3.25. The average molecular weight is 440 g/mol. The number of aromatic nitrogens is 1. The second-order valence-electron chi connectivity index (χ2n) is 6.76. The second-order valence-corrected chi connectivity index (χ2v) is 10.2. The maximum Gasteiger partial charge on any atom is 0.176 e. The van der Waals surface area contributed by atoms with Crippen LogP contribution < -0.4 is 0 Å². The van der Waals surface area contributed by atoms with Gasteiger partial charge in [-0.25, -0.2) is 13.4 Å². The van der Waals surface area contributed by atoms with Crippen molar-refractivity contribution < 1.29 is 8.42 Å².